The van der Waals surface area contributed by atoms with Crippen molar-refractivity contribution < 1.29 is 0 Å². The van der Waals surface area contributed by atoms with Gasteiger partial charge in [-0.2, -0.15) is 0 Å². The fourth-order valence-electron chi connectivity index (χ4n) is 1.55. The number of fused-ring (bicyclic) bond motifs is 1. The molecular weight excluding hydrogens is 136 g/mol. The van der Waals surface area contributed by atoms with Gasteiger partial charge in [-0.15, -0.1) is 0 Å². The second-order valence-corrected chi connectivity index (χ2v) is 2.82. The maximum atomic E-state index is 4.41. The lowest BCUT2D eigenvalue weighted by Gasteiger charge is -1.91. The van der Waals surface area contributed by atoms with Gasteiger partial charge in [0.2, 0.25) is 0 Å². The van der Waals surface area contributed by atoms with Crippen LogP contribution in [-0.2, 0) is 6.42 Å². The van der Waals surface area contributed by atoms with Crippen molar-refractivity contribution in [2.75, 3.05) is 0 Å². The molecule has 0 N–H and O–H groups in total. The van der Waals surface area contributed by atoms with Gasteiger partial charge >= 0.3 is 0 Å². The molecule has 1 aliphatic heterocycles. The highest BCUT2D eigenvalue weighted by Crippen LogP contribution is 2.23. The molecule has 0 radical (unpaired) electrons. The molecule has 2 heterocycles. The normalized spacial score (nSPS) is 13.1. The topological polar surface area (TPSA) is 25.8 Å². The SMILES string of the molecule is c1cc2c3nc(cnc3c1)C2. The fraction of sp³-hybridized carbons (Fsp3) is 0.111. The Morgan fingerprint density at radius 2 is 2.27 bits per heavy atom. The summed E-state index contributed by atoms with van der Waals surface area (Å²) in [6, 6.07) is 6.15. The highest BCUT2D eigenvalue weighted by Gasteiger charge is 2.12. The van der Waals surface area contributed by atoms with Crippen LogP contribution in [0, 0.1) is 0 Å². The van der Waals surface area contributed by atoms with E-state index in [2.05, 4.69) is 16.0 Å². The first kappa shape index (κ1) is 5.24. The predicted octanol–water partition coefficient (Wildman–Crippen LogP) is 1.53. The first-order valence-electron chi connectivity index (χ1n) is 3.67. The van der Waals surface area contributed by atoms with E-state index in [1.54, 1.807) is 0 Å². The van der Waals surface area contributed by atoms with Crippen molar-refractivity contribution in [2.45, 2.75) is 6.42 Å². The minimum Gasteiger partial charge on any atom is -0.253 e. The average Bonchev–Trinajstić information content (AvgIpc) is 2.42. The molecule has 0 aliphatic carbocycles. The Morgan fingerprint density at radius 1 is 1.27 bits per heavy atom. The van der Waals surface area contributed by atoms with Crippen LogP contribution in [0.5, 0.6) is 0 Å². The third kappa shape index (κ3) is 0.564. The van der Waals surface area contributed by atoms with E-state index in [1.165, 1.54) is 5.56 Å². The molecule has 1 aliphatic rings. The molecular formula is C9H6N2. The first-order valence-corrected chi connectivity index (χ1v) is 3.67. The molecule has 0 amide bonds. The number of nitrogens with zero attached hydrogens (tertiary/aromatic N) is 2. The number of rotatable bonds is 0. The Balaban J connectivity index is 2.62. The van der Waals surface area contributed by atoms with Crippen LogP contribution in [0.1, 0.15) is 11.3 Å². The number of hydrogen-bond donors (Lipinski definition) is 0. The maximum Gasteiger partial charge on any atom is 0.0926 e. The molecule has 0 atom stereocenters. The minimum absolute atomic E-state index is 0.965. The standard InChI is InChI=1S/C9H6N2/c1-2-6-4-7-5-10-8(3-1)9(6)11-7/h1-3,5H,4H2. The van der Waals surface area contributed by atoms with Gasteiger partial charge in [0.1, 0.15) is 0 Å². The molecule has 2 heteroatoms. The highest BCUT2D eigenvalue weighted by atomic mass is 14.8. The van der Waals surface area contributed by atoms with Crippen LogP contribution in [0.15, 0.2) is 24.4 Å². The molecule has 3 rings (SSSR count). The molecule has 2 bridgehead atoms. The maximum absolute atomic E-state index is 4.41. The summed E-state index contributed by atoms with van der Waals surface area (Å²) in [4.78, 5) is 8.68. The van der Waals surface area contributed by atoms with Crippen molar-refractivity contribution in [1.29, 1.82) is 0 Å². The molecule has 2 nitrogen and oxygen atoms in total. The van der Waals surface area contributed by atoms with E-state index in [0.29, 0.717) is 0 Å². The summed E-state index contributed by atoms with van der Waals surface area (Å²) in [5.41, 5.74) is 4.52. The Bertz CT molecular complexity index is 435. The largest absolute Gasteiger partial charge is 0.253 e. The monoisotopic (exact) mass is 142 g/mol. The number of benzene rings is 1. The average molecular weight is 142 g/mol. The number of aromatic nitrogens is 2. The molecule has 0 fully saturated rings. The van der Waals surface area contributed by atoms with E-state index in [0.717, 1.165) is 23.1 Å². The highest BCUT2D eigenvalue weighted by molar-refractivity contribution is 5.80. The summed E-state index contributed by atoms with van der Waals surface area (Å²) in [5.74, 6) is 0. The summed E-state index contributed by atoms with van der Waals surface area (Å²) in [7, 11) is 0. The lowest BCUT2D eigenvalue weighted by Crippen LogP contribution is -1.79. The van der Waals surface area contributed by atoms with E-state index in [-0.39, 0.29) is 0 Å². The zero-order chi connectivity index (χ0) is 7.26. The van der Waals surface area contributed by atoms with Crippen molar-refractivity contribution >= 4 is 11.0 Å². The van der Waals surface area contributed by atoms with Gasteiger partial charge in [0.05, 0.1) is 16.7 Å². The zero-order valence-corrected chi connectivity index (χ0v) is 5.91. The van der Waals surface area contributed by atoms with Crippen molar-refractivity contribution in [1.82, 2.24) is 9.97 Å². The van der Waals surface area contributed by atoms with Gasteiger partial charge in [-0.05, 0) is 11.6 Å². The Labute approximate surface area is 63.9 Å². The number of hydrogen-bond acceptors (Lipinski definition) is 2. The van der Waals surface area contributed by atoms with Crippen LogP contribution < -0.4 is 0 Å². The quantitative estimate of drug-likeness (QED) is 0.475. The molecule has 1 aromatic heterocycles. The van der Waals surface area contributed by atoms with Crippen LogP contribution in [0.25, 0.3) is 11.0 Å². The van der Waals surface area contributed by atoms with Gasteiger partial charge in [0.25, 0.3) is 0 Å². The Kier molecular flexibility index (Phi) is 0.756. The van der Waals surface area contributed by atoms with Crippen molar-refractivity contribution in [3.8, 4) is 0 Å². The number of para-hydroxylation sites is 1. The van der Waals surface area contributed by atoms with Crippen LogP contribution in [0.3, 0.4) is 0 Å². The lowest BCUT2D eigenvalue weighted by molar-refractivity contribution is 1.15. The van der Waals surface area contributed by atoms with Crippen LogP contribution in [0.4, 0.5) is 0 Å². The summed E-state index contributed by atoms with van der Waals surface area (Å²) in [6.07, 6.45) is 2.82. The lowest BCUT2D eigenvalue weighted by atomic mass is 10.1. The molecule has 0 spiro atoms. The predicted molar refractivity (Wildman–Crippen MR) is 42.3 cm³/mol. The van der Waals surface area contributed by atoms with Crippen LogP contribution in [0.2, 0.25) is 0 Å². The second-order valence-electron chi connectivity index (χ2n) is 2.82. The molecule has 11 heavy (non-hydrogen) atoms. The Hall–Kier alpha value is -1.44. The summed E-state index contributed by atoms with van der Waals surface area (Å²) in [6.45, 7) is 0. The molecule has 2 aromatic rings. The molecule has 0 unspecified atom stereocenters. The van der Waals surface area contributed by atoms with Crippen molar-refractivity contribution in [2.24, 2.45) is 0 Å². The van der Waals surface area contributed by atoms with E-state index in [1.807, 2.05) is 18.3 Å². The third-order valence-corrected chi connectivity index (χ3v) is 2.08. The minimum atomic E-state index is 0.965. The second kappa shape index (κ2) is 1.59. The van der Waals surface area contributed by atoms with Crippen molar-refractivity contribution in [3.63, 3.8) is 0 Å². The Morgan fingerprint density at radius 3 is 3.27 bits per heavy atom. The van der Waals surface area contributed by atoms with Gasteiger partial charge < -0.3 is 0 Å². The molecule has 52 valence electrons. The summed E-state index contributed by atoms with van der Waals surface area (Å²) >= 11 is 0. The van der Waals surface area contributed by atoms with Gasteiger partial charge in [-0.25, -0.2) is 4.98 Å². The van der Waals surface area contributed by atoms with Gasteiger partial charge in [0, 0.05) is 12.6 Å². The van der Waals surface area contributed by atoms with Crippen molar-refractivity contribution in [3.05, 3.63) is 35.7 Å². The van der Waals surface area contributed by atoms with Gasteiger partial charge in [-0.1, -0.05) is 12.1 Å². The third-order valence-electron chi connectivity index (χ3n) is 2.08. The molecule has 0 saturated carbocycles. The molecule has 1 aromatic carbocycles. The van der Waals surface area contributed by atoms with E-state index >= 15 is 0 Å². The van der Waals surface area contributed by atoms with Gasteiger partial charge in [0.15, 0.2) is 0 Å². The smallest absolute Gasteiger partial charge is 0.0926 e. The zero-order valence-electron chi connectivity index (χ0n) is 5.91. The van der Waals surface area contributed by atoms with E-state index < -0.39 is 0 Å². The van der Waals surface area contributed by atoms with E-state index in [9.17, 15) is 0 Å². The first-order chi connectivity index (χ1) is 5.43. The fourth-order valence-corrected chi connectivity index (χ4v) is 1.55. The van der Waals surface area contributed by atoms with Crippen LogP contribution >= 0.6 is 0 Å². The molecule has 0 saturated heterocycles. The summed E-state index contributed by atoms with van der Waals surface area (Å²) in [5, 5.41) is 0. The van der Waals surface area contributed by atoms with E-state index in [4.69, 9.17) is 0 Å². The van der Waals surface area contributed by atoms with Crippen LogP contribution in [-0.4, -0.2) is 9.97 Å². The van der Waals surface area contributed by atoms with Gasteiger partial charge in [-0.3, -0.25) is 4.98 Å². The summed E-state index contributed by atoms with van der Waals surface area (Å²) < 4.78 is 0.